The first kappa shape index (κ1) is 9.39. The second kappa shape index (κ2) is 2.98. The summed E-state index contributed by atoms with van der Waals surface area (Å²) in [5.41, 5.74) is -0.357. The zero-order valence-electron chi connectivity index (χ0n) is 5.95. The van der Waals surface area contributed by atoms with Gasteiger partial charge in [0.2, 0.25) is 0 Å². The van der Waals surface area contributed by atoms with Crippen LogP contribution in [0.2, 0.25) is 5.02 Å². The molecule has 0 saturated carbocycles. The van der Waals surface area contributed by atoms with Crippen molar-refractivity contribution >= 4 is 11.6 Å². The number of hydrogen-bond acceptors (Lipinski definition) is 0. The normalized spacial score (nSPS) is 11.8. The number of halogens is 4. The first-order valence-corrected chi connectivity index (χ1v) is 3.48. The van der Waals surface area contributed by atoms with Gasteiger partial charge in [0.25, 0.3) is 0 Å². The summed E-state index contributed by atoms with van der Waals surface area (Å²) >= 11 is 5.35. The van der Waals surface area contributed by atoms with Crippen molar-refractivity contribution in [2.24, 2.45) is 0 Å². The maximum Gasteiger partial charge on any atom is 0.417 e. The molecule has 4 heteroatoms. The molecule has 0 bridgehead atoms. The largest absolute Gasteiger partial charge is 0.417 e. The predicted molar refractivity (Wildman–Crippen MR) is 40.9 cm³/mol. The van der Waals surface area contributed by atoms with Crippen LogP contribution in [-0.2, 0) is 6.18 Å². The van der Waals surface area contributed by atoms with Crippen molar-refractivity contribution < 1.29 is 13.2 Å². The number of rotatable bonds is 0. The van der Waals surface area contributed by atoms with Gasteiger partial charge in [-0.2, -0.15) is 13.2 Å². The van der Waals surface area contributed by atoms with Gasteiger partial charge in [-0.15, -0.1) is 0 Å². The summed E-state index contributed by atoms with van der Waals surface area (Å²) in [4.78, 5) is 0. The van der Waals surface area contributed by atoms with Crippen LogP contribution in [0.3, 0.4) is 0 Å². The van der Waals surface area contributed by atoms with E-state index in [1.807, 2.05) is 0 Å². The average molecular weight is 194 g/mol. The Labute approximate surface area is 73.0 Å². The second-order valence-corrected chi connectivity index (χ2v) is 2.72. The molecular weight excluding hydrogens is 189 g/mol. The summed E-state index contributed by atoms with van der Waals surface area (Å²) in [6.07, 6.45) is -4.38. The third-order valence-electron chi connectivity index (χ3n) is 1.34. The van der Waals surface area contributed by atoms with Crippen molar-refractivity contribution in [3.63, 3.8) is 0 Å². The van der Waals surface area contributed by atoms with Gasteiger partial charge in [0.1, 0.15) is 0 Å². The standard InChI is InChI=1S/C8H5ClF3/c1-5-2-3-6(7(9)4-5)8(10,11)12/h2-4H,1H2. The molecule has 0 aliphatic heterocycles. The molecule has 1 rings (SSSR count). The van der Waals surface area contributed by atoms with E-state index >= 15 is 0 Å². The van der Waals surface area contributed by atoms with Crippen LogP contribution in [0.25, 0.3) is 0 Å². The summed E-state index contributed by atoms with van der Waals surface area (Å²) < 4.78 is 36.2. The van der Waals surface area contributed by atoms with E-state index < -0.39 is 11.7 Å². The molecular formula is C8H5ClF3. The van der Waals surface area contributed by atoms with Crippen LogP contribution in [0.15, 0.2) is 18.2 Å². The van der Waals surface area contributed by atoms with Gasteiger partial charge < -0.3 is 0 Å². The lowest BCUT2D eigenvalue weighted by Crippen LogP contribution is -2.05. The van der Waals surface area contributed by atoms with Crippen LogP contribution in [-0.4, -0.2) is 0 Å². The van der Waals surface area contributed by atoms with E-state index in [-0.39, 0.29) is 5.02 Å². The van der Waals surface area contributed by atoms with Crippen LogP contribution >= 0.6 is 11.6 Å². The fourth-order valence-corrected chi connectivity index (χ4v) is 1.10. The molecule has 65 valence electrons. The summed E-state index contributed by atoms with van der Waals surface area (Å²) in [6.45, 7) is 3.45. The Bertz CT molecular complexity index is 291. The molecule has 0 fully saturated rings. The van der Waals surface area contributed by atoms with Gasteiger partial charge in [0.05, 0.1) is 10.6 Å². The first-order chi connectivity index (χ1) is 5.41. The van der Waals surface area contributed by atoms with E-state index in [1.54, 1.807) is 0 Å². The second-order valence-electron chi connectivity index (χ2n) is 2.31. The molecule has 0 atom stereocenters. The van der Waals surface area contributed by atoms with Crippen LogP contribution in [0, 0.1) is 6.92 Å². The van der Waals surface area contributed by atoms with Crippen LogP contribution < -0.4 is 0 Å². The number of benzene rings is 1. The first-order valence-electron chi connectivity index (χ1n) is 3.10. The Kier molecular flexibility index (Phi) is 2.33. The van der Waals surface area contributed by atoms with E-state index in [9.17, 15) is 13.2 Å². The van der Waals surface area contributed by atoms with Crippen LogP contribution in [0.5, 0.6) is 0 Å². The molecule has 0 spiro atoms. The third-order valence-corrected chi connectivity index (χ3v) is 1.65. The highest BCUT2D eigenvalue weighted by Gasteiger charge is 2.32. The molecule has 1 aromatic rings. The summed E-state index contributed by atoms with van der Waals surface area (Å²) in [5, 5.41) is -0.310. The molecule has 0 aliphatic carbocycles. The van der Waals surface area contributed by atoms with Gasteiger partial charge in [-0.3, -0.25) is 0 Å². The topological polar surface area (TPSA) is 0 Å². The van der Waals surface area contributed by atoms with Crippen molar-refractivity contribution in [1.82, 2.24) is 0 Å². The van der Waals surface area contributed by atoms with Crippen molar-refractivity contribution in [3.8, 4) is 0 Å². The van der Waals surface area contributed by atoms with Gasteiger partial charge >= 0.3 is 6.18 Å². The number of alkyl halides is 3. The van der Waals surface area contributed by atoms with Gasteiger partial charge in [-0.05, 0) is 24.6 Å². The maximum atomic E-state index is 12.1. The van der Waals surface area contributed by atoms with E-state index in [0.29, 0.717) is 5.56 Å². The molecule has 12 heavy (non-hydrogen) atoms. The SMILES string of the molecule is [CH2]c1ccc(C(F)(F)F)c(Cl)c1. The van der Waals surface area contributed by atoms with Crippen LogP contribution in [0.1, 0.15) is 11.1 Å². The molecule has 0 aromatic heterocycles. The Balaban J connectivity index is 3.19. The van der Waals surface area contributed by atoms with Crippen LogP contribution in [0.4, 0.5) is 13.2 Å². The van der Waals surface area contributed by atoms with Crippen molar-refractivity contribution in [1.29, 1.82) is 0 Å². The molecule has 0 N–H and O–H groups in total. The third kappa shape index (κ3) is 1.91. The molecule has 0 unspecified atom stereocenters. The van der Waals surface area contributed by atoms with E-state index in [1.165, 1.54) is 12.1 Å². The highest BCUT2D eigenvalue weighted by molar-refractivity contribution is 6.31. The minimum absolute atomic E-state index is 0.310. The smallest absolute Gasteiger partial charge is 0.166 e. The molecule has 0 nitrogen and oxygen atoms in total. The average Bonchev–Trinajstić information content (AvgIpc) is 1.83. The van der Waals surface area contributed by atoms with Gasteiger partial charge in [0, 0.05) is 0 Å². The maximum absolute atomic E-state index is 12.1. The van der Waals surface area contributed by atoms with Gasteiger partial charge in [-0.1, -0.05) is 17.7 Å². The molecule has 0 amide bonds. The zero-order valence-corrected chi connectivity index (χ0v) is 6.71. The Morgan fingerprint density at radius 3 is 2.25 bits per heavy atom. The molecule has 1 aromatic carbocycles. The minimum atomic E-state index is -4.38. The monoisotopic (exact) mass is 193 g/mol. The lowest BCUT2D eigenvalue weighted by Gasteiger charge is -2.08. The summed E-state index contributed by atoms with van der Waals surface area (Å²) in [7, 11) is 0. The molecule has 1 radical (unpaired) electrons. The fourth-order valence-electron chi connectivity index (χ4n) is 0.789. The lowest BCUT2D eigenvalue weighted by molar-refractivity contribution is -0.137. The quantitative estimate of drug-likeness (QED) is 0.591. The van der Waals surface area contributed by atoms with E-state index in [0.717, 1.165) is 6.07 Å². The molecule has 0 saturated heterocycles. The van der Waals surface area contributed by atoms with E-state index in [2.05, 4.69) is 6.92 Å². The van der Waals surface area contributed by atoms with Crippen molar-refractivity contribution in [2.75, 3.05) is 0 Å². The number of hydrogen-bond donors (Lipinski definition) is 0. The van der Waals surface area contributed by atoms with E-state index in [4.69, 9.17) is 11.6 Å². The van der Waals surface area contributed by atoms with Crippen molar-refractivity contribution in [2.45, 2.75) is 6.18 Å². The predicted octanol–water partition coefficient (Wildman–Crippen LogP) is 3.54. The highest BCUT2D eigenvalue weighted by Crippen LogP contribution is 2.34. The summed E-state index contributed by atoms with van der Waals surface area (Å²) in [5.74, 6) is 0. The molecule has 0 aliphatic rings. The Morgan fingerprint density at radius 2 is 1.83 bits per heavy atom. The van der Waals surface area contributed by atoms with Gasteiger partial charge in [0.15, 0.2) is 0 Å². The van der Waals surface area contributed by atoms with Crippen molar-refractivity contribution in [3.05, 3.63) is 41.3 Å². The van der Waals surface area contributed by atoms with Gasteiger partial charge in [-0.25, -0.2) is 0 Å². The Hall–Kier alpha value is -0.700. The summed E-state index contributed by atoms with van der Waals surface area (Å²) in [6, 6.07) is 3.38. The fraction of sp³-hybridized carbons (Fsp3) is 0.125. The minimum Gasteiger partial charge on any atom is -0.166 e. The Morgan fingerprint density at radius 1 is 1.25 bits per heavy atom. The lowest BCUT2D eigenvalue weighted by atomic mass is 10.1. The zero-order chi connectivity index (χ0) is 9.35. The molecule has 0 heterocycles. The highest BCUT2D eigenvalue weighted by atomic mass is 35.5.